The highest BCUT2D eigenvalue weighted by atomic mass is 35.5. The molecule has 1 aromatic heterocycles. The minimum Gasteiger partial charge on any atom is -0.497 e. The van der Waals surface area contributed by atoms with Gasteiger partial charge in [0.15, 0.2) is 0 Å². The lowest BCUT2D eigenvalue weighted by molar-refractivity contribution is -0.137. The lowest BCUT2D eigenvalue weighted by Crippen LogP contribution is -2.49. The van der Waals surface area contributed by atoms with Crippen LogP contribution in [0, 0.1) is 0 Å². The van der Waals surface area contributed by atoms with Crippen LogP contribution in [-0.2, 0) is 11.0 Å². The van der Waals surface area contributed by atoms with Crippen molar-refractivity contribution in [2.75, 3.05) is 50.1 Å². The van der Waals surface area contributed by atoms with E-state index in [2.05, 4.69) is 15.2 Å². The fourth-order valence-electron chi connectivity index (χ4n) is 3.79. The third kappa shape index (κ3) is 5.45. The molecule has 1 aliphatic heterocycles. The van der Waals surface area contributed by atoms with E-state index in [1.165, 1.54) is 0 Å². The summed E-state index contributed by atoms with van der Waals surface area (Å²) in [6.45, 7) is 2.51. The van der Waals surface area contributed by atoms with Gasteiger partial charge in [-0.05, 0) is 30.3 Å². The number of nitrogens with one attached hydrogen (secondary N) is 1. The molecule has 0 aliphatic carbocycles. The van der Waals surface area contributed by atoms with Crippen LogP contribution in [-0.4, -0.2) is 60.2 Å². The van der Waals surface area contributed by atoms with E-state index in [0.29, 0.717) is 26.2 Å². The van der Waals surface area contributed by atoms with E-state index in [4.69, 9.17) is 16.3 Å². The van der Waals surface area contributed by atoms with E-state index in [1.54, 1.807) is 13.3 Å². The predicted molar refractivity (Wildman–Crippen MR) is 124 cm³/mol. The molecular weight excluding hydrogens is 471 g/mol. The first-order valence-corrected chi connectivity index (χ1v) is 10.9. The number of halogens is 4. The third-order valence-electron chi connectivity index (χ3n) is 5.54. The molecule has 0 spiro atoms. The van der Waals surface area contributed by atoms with Crippen molar-refractivity contribution in [3.05, 3.63) is 65.4 Å². The Labute approximate surface area is 199 Å². The molecule has 0 unspecified atom stereocenters. The summed E-state index contributed by atoms with van der Waals surface area (Å²) in [4.78, 5) is 21.0. The van der Waals surface area contributed by atoms with Gasteiger partial charge in [0.05, 0.1) is 35.6 Å². The molecule has 11 heteroatoms. The van der Waals surface area contributed by atoms with Gasteiger partial charge in [-0.25, -0.2) is 4.98 Å². The van der Waals surface area contributed by atoms with E-state index in [0.717, 1.165) is 35.6 Å². The van der Waals surface area contributed by atoms with Gasteiger partial charge in [0.25, 0.3) is 0 Å². The summed E-state index contributed by atoms with van der Waals surface area (Å²) in [6, 6.07) is 10.5. The number of carbonyl (C=O) groups is 1. The second-order valence-corrected chi connectivity index (χ2v) is 8.21. The maximum Gasteiger partial charge on any atom is 0.416 e. The number of anilines is 2. The van der Waals surface area contributed by atoms with Crippen LogP contribution in [0.1, 0.15) is 5.56 Å². The number of hydrogen-bond donors (Lipinski definition) is 1. The first-order valence-electron chi connectivity index (χ1n) is 10.6. The van der Waals surface area contributed by atoms with Gasteiger partial charge < -0.3 is 15.0 Å². The van der Waals surface area contributed by atoms with Crippen molar-refractivity contribution in [1.29, 1.82) is 0 Å². The zero-order valence-electron chi connectivity index (χ0n) is 18.3. The van der Waals surface area contributed by atoms with Crippen LogP contribution >= 0.6 is 11.6 Å². The van der Waals surface area contributed by atoms with Crippen LogP contribution < -0.4 is 15.0 Å². The molecule has 0 bridgehead atoms. The third-order valence-corrected chi connectivity index (χ3v) is 5.87. The van der Waals surface area contributed by atoms with E-state index in [-0.39, 0.29) is 17.3 Å². The van der Waals surface area contributed by atoms with Crippen molar-refractivity contribution in [2.24, 2.45) is 0 Å². The van der Waals surface area contributed by atoms with Crippen LogP contribution in [0.5, 0.6) is 5.75 Å². The second kappa shape index (κ2) is 9.94. The summed E-state index contributed by atoms with van der Waals surface area (Å²) in [5.41, 5.74) is -0.000537. The summed E-state index contributed by atoms with van der Waals surface area (Å²) in [6.07, 6.45) is -0.910. The zero-order chi connectivity index (χ0) is 24.3. The number of aromatic nitrogens is 2. The molecule has 0 saturated carbocycles. The van der Waals surface area contributed by atoms with Gasteiger partial charge in [0.2, 0.25) is 11.9 Å². The highest BCUT2D eigenvalue weighted by Crippen LogP contribution is 2.33. The normalized spacial score (nSPS) is 14.8. The minimum absolute atomic E-state index is 0.0464. The van der Waals surface area contributed by atoms with Crippen molar-refractivity contribution >= 4 is 29.1 Å². The van der Waals surface area contributed by atoms with Crippen molar-refractivity contribution in [2.45, 2.75) is 6.18 Å². The number of benzene rings is 2. The lowest BCUT2D eigenvalue weighted by atomic mass is 10.2. The van der Waals surface area contributed by atoms with Gasteiger partial charge >= 0.3 is 6.18 Å². The number of piperazine rings is 1. The Balaban J connectivity index is 1.36. The number of nitrogens with zero attached hydrogens (tertiary/aromatic N) is 4. The summed E-state index contributed by atoms with van der Waals surface area (Å²) in [7, 11) is 1.62. The monoisotopic (exact) mass is 493 g/mol. The number of imidazole rings is 1. The highest BCUT2D eigenvalue weighted by Gasteiger charge is 2.31. The molecular formula is C23H23ClF3N5O2. The first-order chi connectivity index (χ1) is 16.2. The van der Waals surface area contributed by atoms with E-state index in [1.807, 2.05) is 39.9 Å². The Morgan fingerprint density at radius 1 is 1.15 bits per heavy atom. The van der Waals surface area contributed by atoms with Gasteiger partial charge in [-0.15, -0.1) is 0 Å². The van der Waals surface area contributed by atoms with Gasteiger partial charge in [-0.1, -0.05) is 17.7 Å². The average Bonchev–Trinajstić information content (AvgIpc) is 3.30. The van der Waals surface area contributed by atoms with Crippen molar-refractivity contribution < 1.29 is 22.7 Å². The Kier molecular flexibility index (Phi) is 6.99. The Bertz CT molecular complexity index is 1160. The quantitative estimate of drug-likeness (QED) is 0.554. The Morgan fingerprint density at radius 2 is 1.91 bits per heavy atom. The summed E-state index contributed by atoms with van der Waals surface area (Å²) in [5, 5.41) is 2.55. The number of ether oxygens (including phenoxy) is 1. The number of amides is 1. The molecule has 3 aromatic rings. The topological polar surface area (TPSA) is 62.6 Å². The zero-order valence-corrected chi connectivity index (χ0v) is 19.1. The average molecular weight is 494 g/mol. The SMILES string of the molecule is COc1cccc(-n2ccnc2N2CCN(CC(=O)Nc3cc(C(F)(F)F)ccc3Cl)CC2)c1. The van der Waals surface area contributed by atoms with Crippen molar-refractivity contribution in [3.63, 3.8) is 0 Å². The van der Waals surface area contributed by atoms with E-state index < -0.39 is 17.6 Å². The molecule has 34 heavy (non-hydrogen) atoms. The molecule has 2 aromatic carbocycles. The van der Waals surface area contributed by atoms with Crippen LogP contribution in [0.2, 0.25) is 5.02 Å². The number of rotatable bonds is 6. The molecule has 2 heterocycles. The largest absolute Gasteiger partial charge is 0.497 e. The number of methoxy groups -OCH3 is 1. The standard InChI is InChI=1S/C23H23ClF3N5O2/c1-34-18-4-2-3-17(14-18)32-8-7-28-22(32)31-11-9-30(10-12-31)15-21(33)29-20-13-16(23(25,26)27)5-6-19(20)24/h2-8,13-14H,9-12,15H2,1H3,(H,29,33). The molecule has 4 rings (SSSR count). The fraction of sp³-hybridized carbons (Fsp3) is 0.304. The van der Waals surface area contributed by atoms with Gasteiger partial charge in [-0.2, -0.15) is 13.2 Å². The van der Waals surface area contributed by atoms with Crippen LogP contribution in [0.25, 0.3) is 5.69 Å². The molecule has 7 nitrogen and oxygen atoms in total. The van der Waals surface area contributed by atoms with E-state index in [9.17, 15) is 18.0 Å². The molecule has 1 amide bonds. The molecule has 0 radical (unpaired) electrons. The van der Waals surface area contributed by atoms with Gasteiger partial charge in [-0.3, -0.25) is 14.3 Å². The van der Waals surface area contributed by atoms with E-state index >= 15 is 0 Å². The number of alkyl halides is 3. The first kappa shape index (κ1) is 23.9. The van der Waals surface area contributed by atoms with Crippen LogP contribution in [0.15, 0.2) is 54.9 Å². The van der Waals surface area contributed by atoms with Crippen molar-refractivity contribution in [1.82, 2.24) is 14.5 Å². The number of hydrogen-bond acceptors (Lipinski definition) is 5. The Morgan fingerprint density at radius 3 is 2.62 bits per heavy atom. The number of carbonyl (C=O) groups excluding carboxylic acids is 1. The fourth-order valence-corrected chi connectivity index (χ4v) is 3.95. The highest BCUT2D eigenvalue weighted by molar-refractivity contribution is 6.33. The molecule has 1 N–H and O–H groups in total. The molecule has 1 aliphatic rings. The minimum atomic E-state index is -4.52. The molecule has 180 valence electrons. The molecule has 1 saturated heterocycles. The molecule has 1 fully saturated rings. The van der Waals surface area contributed by atoms with Crippen LogP contribution in [0.3, 0.4) is 0 Å². The summed E-state index contributed by atoms with van der Waals surface area (Å²) < 4.78 is 46.1. The maximum absolute atomic E-state index is 13.0. The van der Waals surface area contributed by atoms with Crippen molar-refractivity contribution in [3.8, 4) is 11.4 Å². The lowest BCUT2D eigenvalue weighted by Gasteiger charge is -2.35. The summed E-state index contributed by atoms with van der Waals surface area (Å²) >= 11 is 5.97. The predicted octanol–water partition coefficient (Wildman–Crippen LogP) is 4.31. The second-order valence-electron chi connectivity index (χ2n) is 7.80. The summed E-state index contributed by atoms with van der Waals surface area (Å²) in [5.74, 6) is 1.11. The van der Waals surface area contributed by atoms with Gasteiger partial charge in [0.1, 0.15) is 5.75 Å². The molecule has 0 atom stereocenters. The smallest absolute Gasteiger partial charge is 0.416 e. The maximum atomic E-state index is 13.0. The Hall–Kier alpha value is -3.24. The van der Waals surface area contributed by atoms with Crippen LogP contribution in [0.4, 0.5) is 24.8 Å². The van der Waals surface area contributed by atoms with Gasteiger partial charge in [0, 0.05) is 44.6 Å².